The summed E-state index contributed by atoms with van der Waals surface area (Å²) < 4.78 is 0. The quantitative estimate of drug-likeness (QED) is 0.819. The molecule has 0 atom stereocenters. The number of aliphatic imine (C=N–C) groups is 1. The molecule has 0 saturated carbocycles. The molecule has 0 bridgehead atoms. The number of thioether (sulfide) groups is 1. The molecule has 0 aromatic heterocycles. The summed E-state index contributed by atoms with van der Waals surface area (Å²) in [5, 5.41) is 10.7. The lowest BCUT2D eigenvalue weighted by Crippen LogP contribution is -2.30. The van der Waals surface area contributed by atoms with Gasteiger partial charge in [0.15, 0.2) is 5.17 Å². The van der Waals surface area contributed by atoms with Gasteiger partial charge in [-0.3, -0.25) is 14.7 Å². The predicted octanol–water partition coefficient (Wildman–Crippen LogP) is 3.38. The number of rotatable bonds is 1. The normalized spacial score (nSPS) is 18.4. The molecule has 0 radical (unpaired) electrons. The van der Waals surface area contributed by atoms with E-state index >= 15 is 0 Å². The van der Waals surface area contributed by atoms with Crippen LogP contribution in [-0.2, 0) is 4.79 Å². The molecule has 2 aliphatic heterocycles. The standard InChI is InChI=1S/C18H14N2O2S/c21-16-8-4-1-5-12(16)11-14-13-6-2-3-7-15(13)20(17(14)22)18-19-9-10-23-18/h1-8,11,21H,9-10H2. The van der Waals surface area contributed by atoms with Crippen molar-refractivity contribution in [1.82, 2.24) is 0 Å². The second-order valence-corrected chi connectivity index (χ2v) is 6.35. The molecule has 1 amide bonds. The second-order valence-electron chi connectivity index (χ2n) is 5.29. The molecular formula is C18H14N2O2S. The van der Waals surface area contributed by atoms with Gasteiger partial charge in [-0.15, -0.1) is 0 Å². The number of carbonyl (C=O) groups is 1. The topological polar surface area (TPSA) is 52.9 Å². The number of para-hydroxylation sites is 2. The Morgan fingerprint density at radius 2 is 1.91 bits per heavy atom. The van der Waals surface area contributed by atoms with Crippen LogP contribution in [0.5, 0.6) is 5.75 Å². The van der Waals surface area contributed by atoms with E-state index in [1.165, 1.54) is 0 Å². The van der Waals surface area contributed by atoms with Crippen LogP contribution in [0.15, 0.2) is 53.5 Å². The summed E-state index contributed by atoms with van der Waals surface area (Å²) in [4.78, 5) is 19.1. The molecule has 5 heteroatoms. The van der Waals surface area contributed by atoms with Crippen molar-refractivity contribution < 1.29 is 9.90 Å². The summed E-state index contributed by atoms with van der Waals surface area (Å²) in [7, 11) is 0. The van der Waals surface area contributed by atoms with Crippen molar-refractivity contribution in [3.05, 3.63) is 59.7 Å². The number of anilines is 1. The Morgan fingerprint density at radius 1 is 1.13 bits per heavy atom. The molecular weight excluding hydrogens is 308 g/mol. The molecule has 0 unspecified atom stereocenters. The van der Waals surface area contributed by atoms with Gasteiger partial charge in [-0.05, 0) is 18.2 Å². The van der Waals surface area contributed by atoms with Crippen LogP contribution in [0, 0.1) is 0 Å². The van der Waals surface area contributed by atoms with Gasteiger partial charge < -0.3 is 5.11 Å². The number of amidine groups is 1. The highest BCUT2D eigenvalue weighted by Gasteiger charge is 2.36. The minimum atomic E-state index is -0.0948. The fourth-order valence-corrected chi connectivity index (χ4v) is 3.65. The molecule has 0 saturated heterocycles. The molecule has 0 spiro atoms. The summed E-state index contributed by atoms with van der Waals surface area (Å²) in [6.45, 7) is 0.741. The van der Waals surface area contributed by atoms with E-state index in [9.17, 15) is 9.90 Å². The van der Waals surface area contributed by atoms with Gasteiger partial charge in [-0.2, -0.15) is 0 Å². The number of aromatic hydroxyl groups is 1. The van der Waals surface area contributed by atoms with Gasteiger partial charge in [-0.1, -0.05) is 48.2 Å². The smallest absolute Gasteiger partial charge is 0.265 e. The highest BCUT2D eigenvalue weighted by atomic mass is 32.2. The lowest BCUT2D eigenvalue weighted by atomic mass is 10.0. The van der Waals surface area contributed by atoms with E-state index in [-0.39, 0.29) is 11.7 Å². The molecule has 4 rings (SSSR count). The van der Waals surface area contributed by atoms with E-state index in [0.29, 0.717) is 11.1 Å². The van der Waals surface area contributed by atoms with E-state index in [4.69, 9.17) is 0 Å². The number of nitrogens with zero attached hydrogens (tertiary/aromatic N) is 2. The number of hydrogen-bond acceptors (Lipinski definition) is 4. The highest BCUT2D eigenvalue weighted by Crippen LogP contribution is 2.40. The third-order valence-corrected chi connectivity index (χ3v) is 4.82. The molecule has 23 heavy (non-hydrogen) atoms. The van der Waals surface area contributed by atoms with E-state index < -0.39 is 0 Å². The van der Waals surface area contributed by atoms with Crippen molar-refractivity contribution >= 4 is 40.2 Å². The summed E-state index contributed by atoms with van der Waals surface area (Å²) >= 11 is 1.60. The number of phenolic OH excluding ortho intramolecular Hbond substituents is 1. The van der Waals surface area contributed by atoms with Crippen molar-refractivity contribution in [2.45, 2.75) is 0 Å². The third-order valence-electron chi connectivity index (χ3n) is 3.87. The zero-order valence-electron chi connectivity index (χ0n) is 12.3. The maximum Gasteiger partial charge on any atom is 0.265 e. The van der Waals surface area contributed by atoms with Crippen molar-refractivity contribution in [3.63, 3.8) is 0 Å². The maximum atomic E-state index is 12.9. The van der Waals surface area contributed by atoms with Crippen molar-refractivity contribution in [1.29, 1.82) is 0 Å². The summed E-state index contributed by atoms with van der Waals surface area (Å²) in [6.07, 6.45) is 1.75. The van der Waals surface area contributed by atoms with Gasteiger partial charge >= 0.3 is 0 Å². The van der Waals surface area contributed by atoms with Gasteiger partial charge in [0, 0.05) is 16.9 Å². The van der Waals surface area contributed by atoms with Gasteiger partial charge in [0.05, 0.1) is 17.8 Å². The van der Waals surface area contributed by atoms with Crippen LogP contribution in [0.4, 0.5) is 5.69 Å². The monoisotopic (exact) mass is 322 g/mol. The average molecular weight is 322 g/mol. The highest BCUT2D eigenvalue weighted by molar-refractivity contribution is 8.14. The Bertz CT molecular complexity index is 858. The van der Waals surface area contributed by atoms with Gasteiger partial charge in [0.1, 0.15) is 5.75 Å². The minimum Gasteiger partial charge on any atom is -0.507 e. The second kappa shape index (κ2) is 5.59. The lowest BCUT2D eigenvalue weighted by molar-refractivity contribution is -0.112. The summed E-state index contributed by atoms with van der Waals surface area (Å²) in [6, 6.07) is 14.7. The number of benzene rings is 2. The van der Waals surface area contributed by atoms with E-state index in [0.717, 1.165) is 28.7 Å². The summed E-state index contributed by atoms with van der Waals surface area (Å²) in [5.74, 6) is 0.971. The minimum absolute atomic E-state index is 0.0948. The fraction of sp³-hybridized carbons (Fsp3) is 0.111. The largest absolute Gasteiger partial charge is 0.507 e. The third kappa shape index (κ3) is 2.33. The number of carbonyl (C=O) groups excluding carboxylic acids is 1. The zero-order chi connectivity index (χ0) is 15.8. The Kier molecular flexibility index (Phi) is 3.42. The predicted molar refractivity (Wildman–Crippen MR) is 94.7 cm³/mol. The Hall–Kier alpha value is -2.53. The molecule has 2 aromatic rings. The van der Waals surface area contributed by atoms with E-state index in [1.807, 2.05) is 30.3 Å². The van der Waals surface area contributed by atoms with Crippen LogP contribution in [-0.4, -0.2) is 28.5 Å². The van der Waals surface area contributed by atoms with Crippen molar-refractivity contribution in [2.75, 3.05) is 17.2 Å². The van der Waals surface area contributed by atoms with Crippen LogP contribution in [0.1, 0.15) is 11.1 Å². The number of hydrogen-bond donors (Lipinski definition) is 1. The molecule has 2 aromatic carbocycles. The van der Waals surface area contributed by atoms with Crippen LogP contribution in [0.25, 0.3) is 11.6 Å². The van der Waals surface area contributed by atoms with Crippen LogP contribution in [0.3, 0.4) is 0 Å². The van der Waals surface area contributed by atoms with Gasteiger partial charge in [0.2, 0.25) is 0 Å². The number of amides is 1. The van der Waals surface area contributed by atoms with Crippen molar-refractivity contribution in [3.8, 4) is 5.75 Å². The van der Waals surface area contributed by atoms with Crippen LogP contribution < -0.4 is 4.90 Å². The molecule has 114 valence electrons. The Balaban J connectivity index is 1.86. The molecule has 2 aliphatic rings. The van der Waals surface area contributed by atoms with Crippen LogP contribution >= 0.6 is 11.8 Å². The Morgan fingerprint density at radius 3 is 2.70 bits per heavy atom. The molecule has 1 N–H and O–H groups in total. The first-order chi connectivity index (χ1) is 11.3. The van der Waals surface area contributed by atoms with Crippen LogP contribution in [0.2, 0.25) is 0 Å². The van der Waals surface area contributed by atoms with Crippen molar-refractivity contribution in [2.24, 2.45) is 4.99 Å². The average Bonchev–Trinajstić information content (AvgIpc) is 3.17. The maximum absolute atomic E-state index is 12.9. The summed E-state index contributed by atoms with van der Waals surface area (Å²) in [5.41, 5.74) is 2.94. The first kappa shape index (κ1) is 14.1. The van der Waals surface area contributed by atoms with E-state index in [1.54, 1.807) is 40.9 Å². The zero-order valence-corrected chi connectivity index (χ0v) is 13.1. The first-order valence-corrected chi connectivity index (χ1v) is 8.35. The number of fused-ring (bicyclic) bond motifs is 1. The molecule has 0 aliphatic carbocycles. The molecule has 4 nitrogen and oxygen atoms in total. The number of phenols is 1. The SMILES string of the molecule is O=C1C(=Cc2ccccc2O)c2ccccc2N1C1=NCCS1. The van der Waals surface area contributed by atoms with E-state index in [2.05, 4.69) is 4.99 Å². The molecule has 0 fully saturated rings. The lowest BCUT2D eigenvalue weighted by Gasteiger charge is -2.15. The first-order valence-electron chi connectivity index (χ1n) is 7.36. The van der Waals surface area contributed by atoms with Gasteiger partial charge in [0.25, 0.3) is 5.91 Å². The fourth-order valence-electron chi connectivity index (χ4n) is 2.80. The van der Waals surface area contributed by atoms with Gasteiger partial charge in [-0.25, -0.2) is 0 Å². The Labute approximate surface area is 138 Å². The molecule has 2 heterocycles.